The van der Waals surface area contributed by atoms with Gasteiger partial charge in [0.25, 0.3) is 0 Å². The third-order valence-corrected chi connectivity index (χ3v) is 5.73. The fraction of sp³-hybridized carbons (Fsp3) is 0.160. The number of hydrogen-bond acceptors (Lipinski definition) is 4. The summed E-state index contributed by atoms with van der Waals surface area (Å²) in [5.41, 5.74) is 0.857. The van der Waals surface area contributed by atoms with Crippen LogP contribution in [0.25, 0.3) is 11.3 Å². The van der Waals surface area contributed by atoms with Crippen molar-refractivity contribution in [3.8, 4) is 11.3 Å². The van der Waals surface area contributed by atoms with E-state index in [1.807, 2.05) is 0 Å². The highest BCUT2D eigenvalue weighted by Gasteiger charge is 2.42. The van der Waals surface area contributed by atoms with Gasteiger partial charge in [-0.2, -0.15) is 4.57 Å². The molecule has 5 rings (SSSR count). The van der Waals surface area contributed by atoms with Crippen molar-refractivity contribution in [1.29, 1.82) is 0 Å². The molecule has 0 saturated carbocycles. The fourth-order valence-corrected chi connectivity index (χ4v) is 4.01. The highest BCUT2D eigenvalue weighted by molar-refractivity contribution is 5.82. The standard InChI is InChI=1S/C25H18F3N3O2/c1-14-5-2-7-16(23(14)28)22-13-31-24(30-21(25(31)32)11-15-6-4-10-33-15)20(29-22)12-17-18(26)8-3-9-19(17)27/h2-10,13,21H,11-12H2,1H3/p+1. The number of halogens is 3. The summed E-state index contributed by atoms with van der Waals surface area (Å²) in [4.78, 5) is 17.7. The van der Waals surface area contributed by atoms with Gasteiger partial charge in [0, 0.05) is 17.5 Å². The second-order valence-electron chi connectivity index (χ2n) is 7.92. The zero-order valence-electron chi connectivity index (χ0n) is 17.6. The van der Waals surface area contributed by atoms with Gasteiger partial charge in [0.2, 0.25) is 6.04 Å². The molecule has 0 saturated heterocycles. The number of benzene rings is 2. The summed E-state index contributed by atoms with van der Waals surface area (Å²) in [6, 6.07) is 11.3. The quantitative estimate of drug-likeness (QED) is 0.451. The highest BCUT2D eigenvalue weighted by Crippen LogP contribution is 2.28. The molecule has 4 aromatic rings. The average molecular weight is 450 g/mol. The summed E-state index contributed by atoms with van der Waals surface area (Å²) in [5.74, 6) is -1.30. The van der Waals surface area contributed by atoms with Crippen LogP contribution in [0.3, 0.4) is 0 Å². The smallest absolute Gasteiger partial charge is 0.359 e. The summed E-state index contributed by atoms with van der Waals surface area (Å²) >= 11 is 0. The van der Waals surface area contributed by atoms with Crippen molar-refractivity contribution >= 4 is 11.7 Å². The van der Waals surface area contributed by atoms with Gasteiger partial charge >= 0.3 is 11.7 Å². The van der Waals surface area contributed by atoms with Gasteiger partial charge in [-0.15, -0.1) is 0 Å². The Labute approximate surface area is 187 Å². The van der Waals surface area contributed by atoms with Crippen LogP contribution in [0.4, 0.5) is 19.0 Å². The summed E-state index contributed by atoms with van der Waals surface area (Å²) in [6.45, 7) is 1.63. The van der Waals surface area contributed by atoms with Gasteiger partial charge in [-0.1, -0.05) is 18.2 Å². The molecule has 2 aromatic heterocycles. The van der Waals surface area contributed by atoms with Gasteiger partial charge < -0.3 is 4.42 Å². The number of aryl methyl sites for hydroxylation is 1. The number of carbonyl (C=O) groups excluding carboxylic acids is 1. The maximum absolute atomic E-state index is 14.9. The lowest BCUT2D eigenvalue weighted by molar-refractivity contribution is -0.552. The molecule has 2 aromatic carbocycles. The van der Waals surface area contributed by atoms with E-state index < -0.39 is 23.5 Å². The molecule has 0 radical (unpaired) electrons. The topological polar surface area (TPSA) is 59.0 Å². The van der Waals surface area contributed by atoms with Crippen LogP contribution in [0.15, 0.2) is 65.4 Å². The third-order valence-electron chi connectivity index (χ3n) is 5.73. The average Bonchev–Trinajstić information content (AvgIpc) is 3.41. The Balaban J connectivity index is 1.63. The van der Waals surface area contributed by atoms with Crippen LogP contribution in [0.2, 0.25) is 0 Å². The molecule has 1 unspecified atom stereocenters. The van der Waals surface area contributed by atoms with Crippen LogP contribution >= 0.6 is 0 Å². The number of furan rings is 1. The SMILES string of the molecule is Cc1cccc(-c2c[n+]3c(c(Cc4c(F)cccc4F)n2)NC(Cc2ccco2)C3=O)c1F. The Morgan fingerprint density at radius 1 is 1.06 bits per heavy atom. The Kier molecular flexibility index (Phi) is 5.20. The van der Waals surface area contributed by atoms with Gasteiger partial charge in [0.05, 0.1) is 12.7 Å². The molecule has 5 nitrogen and oxygen atoms in total. The lowest BCUT2D eigenvalue weighted by Gasteiger charge is -2.09. The molecule has 0 amide bonds. The maximum atomic E-state index is 14.9. The monoisotopic (exact) mass is 450 g/mol. The number of anilines is 1. The highest BCUT2D eigenvalue weighted by atomic mass is 19.1. The van der Waals surface area contributed by atoms with Crippen LogP contribution in [-0.2, 0) is 12.8 Å². The van der Waals surface area contributed by atoms with Crippen molar-refractivity contribution in [2.45, 2.75) is 25.8 Å². The molecule has 0 aliphatic carbocycles. The van der Waals surface area contributed by atoms with Crippen molar-refractivity contribution in [3.63, 3.8) is 0 Å². The first-order chi connectivity index (χ1) is 15.9. The lowest BCUT2D eigenvalue weighted by atomic mass is 10.1. The molecule has 0 bridgehead atoms. The number of hydrogen-bond donors (Lipinski definition) is 1. The van der Waals surface area contributed by atoms with Crippen LogP contribution in [0, 0.1) is 24.4 Å². The minimum atomic E-state index is -0.723. The normalized spacial score (nSPS) is 14.9. The maximum Gasteiger partial charge on any atom is 0.359 e. The van der Waals surface area contributed by atoms with E-state index in [0.29, 0.717) is 17.1 Å². The number of aromatic nitrogens is 2. The molecule has 1 atom stereocenters. The molecule has 3 heterocycles. The fourth-order valence-electron chi connectivity index (χ4n) is 4.01. The van der Waals surface area contributed by atoms with E-state index in [2.05, 4.69) is 10.3 Å². The predicted octanol–water partition coefficient (Wildman–Crippen LogP) is 4.62. The molecular formula is C25H19F3N3O2+. The van der Waals surface area contributed by atoms with Crippen molar-refractivity contribution in [1.82, 2.24) is 4.98 Å². The minimum Gasteiger partial charge on any atom is -0.469 e. The first-order valence-corrected chi connectivity index (χ1v) is 10.4. The Morgan fingerprint density at radius 3 is 2.55 bits per heavy atom. The Hall–Kier alpha value is -3.94. The molecule has 1 aliphatic heterocycles. The van der Waals surface area contributed by atoms with Crippen LogP contribution in [0.5, 0.6) is 0 Å². The van der Waals surface area contributed by atoms with Crippen LogP contribution in [-0.4, -0.2) is 16.9 Å². The van der Waals surface area contributed by atoms with Crippen LogP contribution < -0.4 is 9.88 Å². The predicted molar refractivity (Wildman–Crippen MR) is 114 cm³/mol. The van der Waals surface area contributed by atoms with Gasteiger partial charge in [-0.25, -0.2) is 22.9 Å². The Bertz CT molecular complexity index is 1350. The summed E-state index contributed by atoms with van der Waals surface area (Å²) in [7, 11) is 0. The first-order valence-electron chi connectivity index (χ1n) is 10.4. The molecular weight excluding hydrogens is 431 g/mol. The van der Waals surface area contributed by atoms with Gasteiger partial charge in [0.15, 0.2) is 0 Å². The number of rotatable bonds is 5. The van der Waals surface area contributed by atoms with Gasteiger partial charge in [-0.05, 0) is 42.8 Å². The number of nitrogens with one attached hydrogen (secondary N) is 1. The van der Waals surface area contributed by atoms with Crippen molar-refractivity contribution in [2.75, 3.05) is 5.32 Å². The molecule has 166 valence electrons. The summed E-state index contributed by atoms with van der Waals surface area (Å²) in [6.07, 6.45) is 3.02. The summed E-state index contributed by atoms with van der Waals surface area (Å²) in [5, 5.41) is 3.11. The molecule has 8 heteroatoms. The zero-order chi connectivity index (χ0) is 23.1. The van der Waals surface area contributed by atoms with Gasteiger partial charge in [0.1, 0.15) is 40.8 Å². The third kappa shape index (κ3) is 3.77. The van der Waals surface area contributed by atoms with E-state index in [1.165, 1.54) is 23.1 Å². The lowest BCUT2D eigenvalue weighted by Crippen LogP contribution is -2.44. The number of fused-ring (bicyclic) bond motifs is 1. The van der Waals surface area contributed by atoms with Crippen molar-refractivity contribution < 1.29 is 27.0 Å². The minimum absolute atomic E-state index is 0.182. The molecule has 1 aliphatic rings. The van der Waals surface area contributed by atoms with Crippen molar-refractivity contribution in [2.24, 2.45) is 0 Å². The number of nitrogens with zero attached hydrogens (tertiary/aromatic N) is 2. The van der Waals surface area contributed by atoms with E-state index in [1.54, 1.807) is 37.3 Å². The van der Waals surface area contributed by atoms with E-state index in [9.17, 15) is 18.0 Å². The van der Waals surface area contributed by atoms with E-state index >= 15 is 0 Å². The number of carbonyl (C=O) groups is 1. The Morgan fingerprint density at radius 2 is 1.82 bits per heavy atom. The molecule has 0 fully saturated rings. The van der Waals surface area contributed by atoms with Crippen molar-refractivity contribution in [3.05, 3.63) is 101 Å². The molecule has 1 N–H and O–H groups in total. The zero-order valence-corrected chi connectivity index (χ0v) is 17.6. The second kappa shape index (κ2) is 8.20. The molecule has 0 spiro atoms. The van der Waals surface area contributed by atoms with Crippen LogP contribution in [0.1, 0.15) is 27.4 Å². The first kappa shape index (κ1) is 20.9. The van der Waals surface area contributed by atoms with E-state index in [4.69, 9.17) is 4.42 Å². The second-order valence-corrected chi connectivity index (χ2v) is 7.92. The van der Waals surface area contributed by atoms with E-state index in [-0.39, 0.29) is 41.3 Å². The molecule has 33 heavy (non-hydrogen) atoms. The largest absolute Gasteiger partial charge is 0.469 e. The van der Waals surface area contributed by atoms with E-state index in [0.717, 1.165) is 12.1 Å². The van der Waals surface area contributed by atoms with Gasteiger partial charge in [-0.3, -0.25) is 5.32 Å². The summed E-state index contributed by atoms with van der Waals surface area (Å²) < 4.78 is 50.4.